The number of methoxy groups -OCH3 is 1. The Labute approximate surface area is 152 Å². The molecule has 2 saturated heterocycles. The van der Waals surface area contributed by atoms with Gasteiger partial charge in [0.15, 0.2) is 15.0 Å². The largest absolute Gasteiger partial charge is 0.497 e. The summed E-state index contributed by atoms with van der Waals surface area (Å²) in [5, 5.41) is 0.508. The maximum absolute atomic E-state index is 12.1. The van der Waals surface area contributed by atoms with E-state index in [1.54, 1.807) is 7.11 Å². The molecule has 2 fully saturated rings. The third kappa shape index (κ3) is 4.00. The van der Waals surface area contributed by atoms with Crippen LogP contribution in [-0.4, -0.2) is 49.4 Å². The minimum Gasteiger partial charge on any atom is -0.497 e. The number of aliphatic imine (C=N–C) groups is 1. The summed E-state index contributed by atoms with van der Waals surface area (Å²) in [5.74, 6) is 0.748. The molecule has 0 bridgehead atoms. The monoisotopic (exact) mass is 382 g/mol. The second-order valence-electron chi connectivity index (χ2n) is 6.26. The number of sulfone groups is 1. The SMILES string of the molecule is CCCCC(=O)N=C1SC2CS(=O)(=O)CC2N1c1cccc(OC)c1. The number of fused-ring (bicyclic) bond motifs is 1. The molecule has 2 heterocycles. The standard InChI is InChI=1S/C17H22N2O4S2/c1-3-4-8-16(20)18-17-19(12-6-5-7-13(9-12)23-2)14-10-25(21,22)11-15(14)24-17/h5-7,9,14-15H,3-4,8,10-11H2,1-2H3. The lowest BCUT2D eigenvalue weighted by molar-refractivity contribution is -0.117. The molecular formula is C17H22N2O4S2. The van der Waals surface area contributed by atoms with Crippen LogP contribution in [0.5, 0.6) is 5.75 Å². The van der Waals surface area contributed by atoms with Crippen LogP contribution in [-0.2, 0) is 14.6 Å². The number of anilines is 1. The molecule has 136 valence electrons. The number of carbonyl (C=O) groups excluding carboxylic acids is 1. The number of thioether (sulfide) groups is 1. The Balaban J connectivity index is 1.95. The third-order valence-corrected chi connectivity index (χ3v) is 7.57. The number of ether oxygens (including phenoxy) is 1. The zero-order valence-corrected chi connectivity index (χ0v) is 16.0. The van der Waals surface area contributed by atoms with Gasteiger partial charge in [-0.25, -0.2) is 8.42 Å². The van der Waals surface area contributed by atoms with Crippen molar-refractivity contribution in [3.8, 4) is 5.75 Å². The molecule has 0 N–H and O–H groups in total. The van der Waals surface area contributed by atoms with Crippen molar-refractivity contribution >= 4 is 38.4 Å². The van der Waals surface area contributed by atoms with Crippen molar-refractivity contribution in [1.29, 1.82) is 0 Å². The first-order valence-corrected chi connectivity index (χ1v) is 11.1. The van der Waals surface area contributed by atoms with Crippen molar-refractivity contribution in [3.63, 3.8) is 0 Å². The minimum absolute atomic E-state index is 0.0873. The van der Waals surface area contributed by atoms with E-state index in [4.69, 9.17) is 4.74 Å². The Hall–Kier alpha value is -1.54. The van der Waals surface area contributed by atoms with Crippen molar-refractivity contribution in [2.24, 2.45) is 4.99 Å². The molecule has 2 atom stereocenters. The molecule has 0 aliphatic carbocycles. The van der Waals surface area contributed by atoms with E-state index in [0.717, 1.165) is 18.5 Å². The van der Waals surface area contributed by atoms with Crippen molar-refractivity contribution < 1.29 is 17.9 Å². The Morgan fingerprint density at radius 3 is 2.92 bits per heavy atom. The number of hydrogen-bond acceptors (Lipinski definition) is 5. The molecule has 0 saturated carbocycles. The lowest BCUT2D eigenvalue weighted by Crippen LogP contribution is -2.37. The second-order valence-corrected chi connectivity index (χ2v) is 9.62. The van der Waals surface area contributed by atoms with Gasteiger partial charge in [0.2, 0.25) is 5.91 Å². The van der Waals surface area contributed by atoms with E-state index in [-0.39, 0.29) is 28.7 Å². The van der Waals surface area contributed by atoms with Crippen LogP contribution in [0.3, 0.4) is 0 Å². The topological polar surface area (TPSA) is 76.0 Å². The summed E-state index contributed by atoms with van der Waals surface area (Å²) >= 11 is 1.40. The molecule has 2 aliphatic heterocycles. The molecule has 6 nitrogen and oxygen atoms in total. The molecule has 2 aliphatic rings. The first-order chi connectivity index (χ1) is 11.9. The highest BCUT2D eigenvalue weighted by molar-refractivity contribution is 8.16. The third-order valence-electron chi connectivity index (χ3n) is 4.36. The van der Waals surface area contributed by atoms with Crippen molar-refractivity contribution in [3.05, 3.63) is 24.3 Å². The number of amides is 1. The molecule has 0 spiro atoms. The van der Waals surface area contributed by atoms with E-state index >= 15 is 0 Å². The Kier molecular flexibility index (Phi) is 5.38. The van der Waals surface area contributed by atoms with E-state index in [2.05, 4.69) is 4.99 Å². The fourth-order valence-electron chi connectivity index (χ4n) is 3.12. The summed E-state index contributed by atoms with van der Waals surface area (Å²) in [7, 11) is -1.47. The van der Waals surface area contributed by atoms with Crippen LogP contribution in [0.2, 0.25) is 0 Å². The molecule has 0 radical (unpaired) electrons. The first kappa shape index (κ1) is 18.3. The molecule has 2 unspecified atom stereocenters. The van der Waals surface area contributed by atoms with Gasteiger partial charge in [-0.2, -0.15) is 4.99 Å². The van der Waals surface area contributed by atoms with Gasteiger partial charge < -0.3 is 9.64 Å². The summed E-state index contributed by atoms with van der Waals surface area (Å²) in [6, 6.07) is 7.23. The number of nitrogens with zero attached hydrogens (tertiary/aromatic N) is 2. The summed E-state index contributed by atoms with van der Waals surface area (Å²) in [6.07, 6.45) is 2.16. The summed E-state index contributed by atoms with van der Waals surface area (Å²) in [5.41, 5.74) is 0.804. The normalized spacial score (nSPS) is 26.0. The maximum atomic E-state index is 12.1. The maximum Gasteiger partial charge on any atom is 0.248 e. The molecule has 0 aromatic heterocycles. The number of hydrogen-bond donors (Lipinski definition) is 0. The van der Waals surface area contributed by atoms with Crippen LogP contribution in [0, 0.1) is 0 Å². The van der Waals surface area contributed by atoms with Gasteiger partial charge in [0.05, 0.1) is 24.7 Å². The fraction of sp³-hybridized carbons (Fsp3) is 0.529. The predicted octanol–water partition coefficient (Wildman–Crippen LogP) is 2.49. The Morgan fingerprint density at radius 1 is 1.40 bits per heavy atom. The van der Waals surface area contributed by atoms with Gasteiger partial charge in [-0.1, -0.05) is 31.2 Å². The lowest BCUT2D eigenvalue weighted by Gasteiger charge is -2.24. The first-order valence-electron chi connectivity index (χ1n) is 8.35. The van der Waals surface area contributed by atoms with Gasteiger partial charge in [-0.15, -0.1) is 0 Å². The van der Waals surface area contributed by atoms with Gasteiger partial charge in [0.1, 0.15) is 5.75 Å². The number of rotatable bonds is 5. The minimum atomic E-state index is -3.06. The van der Waals surface area contributed by atoms with Gasteiger partial charge >= 0.3 is 0 Å². The van der Waals surface area contributed by atoms with Crippen molar-refractivity contribution in [2.45, 2.75) is 37.5 Å². The van der Waals surface area contributed by atoms with Gasteiger partial charge in [0, 0.05) is 23.4 Å². The zero-order valence-electron chi connectivity index (χ0n) is 14.3. The van der Waals surface area contributed by atoms with Crippen molar-refractivity contribution in [2.75, 3.05) is 23.5 Å². The molecule has 1 aromatic carbocycles. The van der Waals surface area contributed by atoms with Crippen LogP contribution in [0.1, 0.15) is 26.2 Å². The van der Waals surface area contributed by atoms with Gasteiger partial charge in [0.25, 0.3) is 0 Å². The summed E-state index contributed by atoms with van der Waals surface area (Å²) in [4.78, 5) is 18.3. The summed E-state index contributed by atoms with van der Waals surface area (Å²) in [6.45, 7) is 2.03. The lowest BCUT2D eigenvalue weighted by atomic mass is 10.2. The number of unbranched alkanes of at least 4 members (excludes halogenated alkanes) is 1. The Bertz CT molecular complexity index is 792. The molecule has 25 heavy (non-hydrogen) atoms. The average molecular weight is 383 g/mol. The molecule has 8 heteroatoms. The highest BCUT2D eigenvalue weighted by Crippen LogP contribution is 2.41. The smallest absolute Gasteiger partial charge is 0.248 e. The van der Waals surface area contributed by atoms with E-state index in [9.17, 15) is 13.2 Å². The predicted molar refractivity (Wildman–Crippen MR) is 101 cm³/mol. The van der Waals surface area contributed by atoms with E-state index < -0.39 is 9.84 Å². The fourth-order valence-corrected chi connectivity index (χ4v) is 7.05. The molecular weight excluding hydrogens is 360 g/mol. The van der Waals surface area contributed by atoms with E-state index in [1.165, 1.54) is 11.8 Å². The Morgan fingerprint density at radius 2 is 2.20 bits per heavy atom. The number of benzene rings is 1. The van der Waals surface area contributed by atoms with Gasteiger partial charge in [-0.3, -0.25) is 4.79 Å². The quantitative estimate of drug-likeness (QED) is 0.779. The molecule has 1 amide bonds. The highest BCUT2D eigenvalue weighted by Gasteiger charge is 2.49. The molecule has 3 rings (SSSR count). The summed E-state index contributed by atoms with van der Waals surface area (Å²) < 4.78 is 29.4. The average Bonchev–Trinajstić information content (AvgIpc) is 3.03. The van der Waals surface area contributed by atoms with Crippen LogP contribution in [0.15, 0.2) is 29.3 Å². The van der Waals surface area contributed by atoms with Crippen LogP contribution in [0.25, 0.3) is 0 Å². The zero-order chi connectivity index (χ0) is 18.0. The second kappa shape index (κ2) is 7.37. The van der Waals surface area contributed by atoms with Crippen LogP contribution in [0.4, 0.5) is 5.69 Å². The molecule has 1 aromatic rings. The van der Waals surface area contributed by atoms with Gasteiger partial charge in [-0.05, 0) is 18.6 Å². The van der Waals surface area contributed by atoms with E-state index in [0.29, 0.717) is 17.3 Å². The van der Waals surface area contributed by atoms with Crippen LogP contribution < -0.4 is 9.64 Å². The van der Waals surface area contributed by atoms with Crippen LogP contribution >= 0.6 is 11.8 Å². The number of carbonyl (C=O) groups is 1. The highest BCUT2D eigenvalue weighted by atomic mass is 32.2. The van der Waals surface area contributed by atoms with Crippen molar-refractivity contribution in [1.82, 2.24) is 0 Å². The number of amidine groups is 1. The van der Waals surface area contributed by atoms with E-state index in [1.807, 2.05) is 36.1 Å².